The van der Waals surface area contributed by atoms with Crippen LogP contribution in [0.1, 0.15) is 36.6 Å². The van der Waals surface area contributed by atoms with Crippen molar-refractivity contribution >= 4 is 10.9 Å². The van der Waals surface area contributed by atoms with Gasteiger partial charge in [-0.2, -0.15) is 10.2 Å². The first-order valence-electron chi connectivity index (χ1n) is 9.15. The fraction of sp³-hybridized carbons (Fsp3) is 0.227. The molecule has 5 nitrogen and oxygen atoms in total. The summed E-state index contributed by atoms with van der Waals surface area (Å²) in [4.78, 5) is 13.3. The number of aryl methyl sites for hydroxylation is 1. The van der Waals surface area contributed by atoms with Crippen LogP contribution >= 0.6 is 0 Å². The molecule has 136 valence electrons. The number of benzene rings is 2. The van der Waals surface area contributed by atoms with Crippen LogP contribution in [0.3, 0.4) is 0 Å². The van der Waals surface area contributed by atoms with E-state index >= 15 is 0 Å². The summed E-state index contributed by atoms with van der Waals surface area (Å²) in [7, 11) is 0. The molecule has 0 saturated carbocycles. The molecular formula is C22H22N4O. The summed E-state index contributed by atoms with van der Waals surface area (Å²) in [5.41, 5.74) is 4.37. The first-order chi connectivity index (χ1) is 13.1. The number of aromatic nitrogens is 4. The zero-order valence-electron chi connectivity index (χ0n) is 15.8. The molecule has 2 heterocycles. The monoisotopic (exact) mass is 358 g/mol. The Hall–Kier alpha value is -3.21. The van der Waals surface area contributed by atoms with E-state index in [1.54, 1.807) is 15.6 Å². The lowest BCUT2D eigenvalue weighted by atomic mass is 10.1. The Bertz CT molecular complexity index is 1160. The van der Waals surface area contributed by atoms with Crippen molar-refractivity contribution in [3.8, 4) is 5.69 Å². The topological polar surface area (TPSA) is 52.7 Å². The van der Waals surface area contributed by atoms with Gasteiger partial charge in [0.15, 0.2) is 0 Å². The van der Waals surface area contributed by atoms with Crippen molar-refractivity contribution in [2.24, 2.45) is 0 Å². The highest BCUT2D eigenvalue weighted by molar-refractivity contribution is 5.82. The molecule has 4 aromatic rings. The van der Waals surface area contributed by atoms with Crippen LogP contribution in [0.25, 0.3) is 16.6 Å². The van der Waals surface area contributed by atoms with E-state index in [9.17, 15) is 4.79 Å². The van der Waals surface area contributed by atoms with E-state index in [0.29, 0.717) is 12.1 Å². The molecule has 2 aromatic heterocycles. The van der Waals surface area contributed by atoms with Crippen LogP contribution in [0.5, 0.6) is 0 Å². The average Bonchev–Trinajstić information content (AvgIpc) is 3.10. The lowest BCUT2D eigenvalue weighted by Crippen LogP contribution is -2.27. The van der Waals surface area contributed by atoms with Gasteiger partial charge < -0.3 is 0 Å². The van der Waals surface area contributed by atoms with Gasteiger partial charge in [0, 0.05) is 5.39 Å². The summed E-state index contributed by atoms with van der Waals surface area (Å²) < 4.78 is 3.31. The van der Waals surface area contributed by atoms with Crippen molar-refractivity contribution < 1.29 is 0 Å². The third-order valence-electron chi connectivity index (χ3n) is 4.78. The van der Waals surface area contributed by atoms with Gasteiger partial charge in [-0.05, 0) is 30.0 Å². The molecule has 4 rings (SSSR count). The second-order valence-corrected chi connectivity index (χ2v) is 7.09. The largest absolute Gasteiger partial charge is 0.293 e. The van der Waals surface area contributed by atoms with Gasteiger partial charge in [0.1, 0.15) is 5.52 Å². The van der Waals surface area contributed by atoms with E-state index in [2.05, 4.69) is 24.0 Å². The molecule has 0 radical (unpaired) electrons. The number of rotatable bonds is 4. The van der Waals surface area contributed by atoms with Gasteiger partial charge in [0.2, 0.25) is 0 Å². The normalized spacial score (nSPS) is 11.4. The van der Waals surface area contributed by atoms with Gasteiger partial charge in [0.05, 0.1) is 24.1 Å². The molecule has 0 saturated heterocycles. The minimum atomic E-state index is -0.126. The zero-order chi connectivity index (χ0) is 19.0. The van der Waals surface area contributed by atoms with Crippen molar-refractivity contribution in [1.29, 1.82) is 0 Å². The molecule has 0 fully saturated rings. The van der Waals surface area contributed by atoms with Crippen molar-refractivity contribution in [2.45, 2.75) is 33.2 Å². The summed E-state index contributed by atoms with van der Waals surface area (Å²) >= 11 is 0. The van der Waals surface area contributed by atoms with Crippen LogP contribution in [0, 0.1) is 6.92 Å². The fourth-order valence-corrected chi connectivity index (χ4v) is 3.37. The second-order valence-electron chi connectivity index (χ2n) is 7.09. The molecule has 0 unspecified atom stereocenters. The number of hydrogen-bond donors (Lipinski definition) is 0. The maximum atomic E-state index is 13.3. The van der Waals surface area contributed by atoms with Gasteiger partial charge in [-0.15, -0.1) is 0 Å². The Morgan fingerprint density at radius 1 is 1.00 bits per heavy atom. The highest BCUT2D eigenvalue weighted by atomic mass is 16.1. The average molecular weight is 358 g/mol. The zero-order valence-corrected chi connectivity index (χ0v) is 15.8. The highest BCUT2D eigenvalue weighted by Gasteiger charge is 2.19. The summed E-state index contributed by atoms with van der Waals surface area (Å²) in [6.45, 7) is 6.64. The fourth-order valence-electron chi connectivity index (χ4n) is 3.37. The lowest BCUT2D eigenvalue weighted by molar-refractivity contribution is 0.612. The van der Waals surface area contributed by atoms with Gasteiger partial charge in [0.25, 0.3) is 5.56 Å². The Balaban J connectivity index is 1.98. The Morgan fingerprint density at radius 2 is 1.70 bits per heavy atom. The predicted molar refractivity (Wildman–Crippen MR) is 107 cm³/mol. The first-order valence-corrected chi connectivity index (χ1v) is 9.15. The third kappa shape index (κ3) is 3.05. The quantitative estimate of drug-likeness (QED) is 0.553. The maximum absolute atomic E-state index is 13.3. The molecular weight excluding hydrogens is 336 g/mol. The predicted octanol–water partition coefficient (Wildman–Crippen LogP) is 4.06. The second kappa shape index (κ2) is 6.83. The van der Waals surface area contributed by atoms with E-state index in [1.807, 2.05) is 61.5 Å². The van der Waals surface area contributed by atoms with E-state index in [4.69, 9.17) is 0 Å². The SMILES string of the molecule is Cc1ccccc1-n1ncc2c(C(C)C)nn(Cc3ccccc3)c(=O)c21. The van der Waals surface area contributed by atoms with E-state index in [0.717, 1.165) is 27.9 Å². The van der Waals surface area contributed by atoms with Crippen molar-refractivity contribution in [2.75, 3.05) is 0 Å². The lowest BCUT2D eigenvalue weighted by Gasteiger charge is -2.13. The third-order valence-corrected chi connectivity index (χ3v) is 4.78. The Kier molecular flexibility index (Phi) is 4.36. The van der Waals surface area contributed by atoms with Gasteiger partial charge in [-0.25, -0.2) is 9.36 Å². The Labute approximate surface area is 157 Å². The molecule has 0 aliphatic rings. The van der Waals surface area contributed by atoms with Crippen molar-refractivity contribution in [1.82, 2.24) is 19.6 Å². The van der Waals surface area contributed by atoms with Crippen LogP contribution in [0.15, 0.2) is 65.6 Å². The minimum Gasteiger partial charge on any atom is -0.265 e. The molecule has 0 spiro atoms. The molecule has 0 aliphatic heterocycles. The molecule has 0 bridgehead atoms. The number of nitrogens with zero attached hydrogens (tertiary/aromatic N) is 4. The van der Waals surface area contributed by atoms with Crippen LogP contribution in [0.4, 0.5) is 0 Å². The van der Waals surface area contributed by atoms with Crippen LogP contribution in [0.2, 0.25) is 0 Å². The molecule has 0 N–H and O–H groups in total. The van der Waals surface area contributed by atoms with E-state index in [-0.39, 0.29) is 11.5 Å². The van der Waals surface area contributed by atoms with Crippen molar-refractivity contribution in [3.63, 3.8) is 0 Å². The molecule has 0 amide bonds. The molecule has 5 heteroatoms. The summed E-state index contributed by atoms with van der Waals surface area (Å²) in [5.74, 6) is 0.185. The number of para-hydroxylation sites is 1. The highest BCUT2D eigenvalue weighted by Crippen LogP contribution is 2.24. The van der Waals surface area contributed by atoms with E-state index in [1.165, 1.54) is 0 Å². The van der Waals surface area contributed by atoms with Gasteiger partial charge in [-0.3, -0.25) is 4.79 Å². The van der Waals surface area contributed by atoms with Gasteiger partial charge in [-0.1, -0.05) is 62.4 Å². The first kappa shape index (κ1) is 17.2. The van der Waals surface area contributed by atoms with E-state index < -0.39 is 0 Å². The standard InChI is InChI=1S/C22H22N4O/c1-15(2)20-18-13-23-26(19-12-8-7-9-16(19)3)21(18)22(27)25(24-20)14-17-10-5-4-6-11-17/h4-13,15H,14H2,1-3H3. The van der Waals surface area contributed by atoms with Gasteiger partial charge >= 0.3 is 0 Å². The molecule has 27 heavy (non-hydrogen) atoms. The van der Waals surface area contributed by atoms with Crippen LogP contribution < -0.4 is 5.56 Å². The minimum absolute atomic E-state index is 0.126. The molecule has 0 atom stereocenters. The molecule has 2 aromatic carbocycles. The summed E-state index contributed by atoms with van der Waals surface area (Å²) in [6.07, 6.45) is 1.76. The number of hydrogen-bond acceptors (Lipinski definition) is 3. The van der Waals surface area contributed by atoms with Crippen LogP contribution in [-0.2, 0) is 6.54 Å². The smallest absolute Gasteiger partial charge is 0.265 e. The Morgan fingerprint density at radius 3 is 2.41 bits per heavy atom. The maximum Gasteiger partial charge on any atom is 0.293 e. The number of fused-ring (bicyclic) bond motifs is 1. The van der Waals surface area contributed by atoms with Crippen LogP contribution in [-0.4, -0.2) is 19.6 Å². The van der Waals surface area contributed by atoms with Crippen molar-refractivity contribution in [3.05, 3.63) is 88.0 Å². The summed E-state index contributed by atoms with van der Waals surface area (Å²) in [5, 5.41) is 10.0. The molecule has 0 aliphatic carbocycles. The summed E-state index contributed by atoms with van der Waals surface area (Å²) in [6, 6.07) is 17.9.